The number of amides is 2. The first-order valence-electron chi connectivity index (χ1n) is 11.2. The number of fused-ring (bicyclic) bond motifs is 3. The summed E-state index contributed by atoms with van der Waals surface area (Å²) in [6.45, 7) is 0.115. The van der Waals surface area contributed by atoms with Gasteiger partial charge in [-0.3, -0.25) is 9.59 Å². The average molecular weight is 459 g/mol. The van der Waals surface area contributed by atoms with Crippen molar-refractivity contribution < 1.29 is 24.2 Å². The zero-order valence-corrected chi connectivity index (χ0v) is 18.6. The van der Waals surface area contributed by atoms with Gasteiger partial charge in [0.15, 0.2) is 0 Å². The van der Waals surface area contributed by atoms with Crippen molar-refractivity contribution in [3.63, 3.8) is 0 Å². The Kier molecular flexibility index (Phi) is 7.22. The second-order valence-corrected chi connectivity index (χ2v) is 8.15. The van der Waals surface area contributed by atoms with Crippen LogP contribution >= 0.6 is 0 Å². The summed E-state index contributed by atoms with van der Waals surface area (Å²) in [6, 6.07) is 24.5. The number of nitrogens with one attached hydrogen (secondary N) is 2. The number of carboxylic acid groups (broad SMARTS) is 1. The molecule has 174 valence electrons. The topological polar surface area (TPSA) is 105 Å². The predicted molar refractivity (Wildman–Crippen MR) is 127 cm³/mol. The molecule has 1 aliphatic rings. The second-order valence-electron chi connectivity index (χ2n) is 8.15. The maximum Gasteiger partial charge on any atom is 0.407 e. The van der Waals surface area contributed by atoms with Gasteiger partial charge in [-0.1, -0.05) is 78.9 Å². The molecule has 0 saturated heterocycles. The number of alkyl carbamates (subject to hydrolysis) is 1. The van der Waals surface area contributed by atoms with Crippen molar-refractivity contribution in [1.29, 1.82) is 0 Å². The van der Waals surface area contributed by atoms with Gasteiger partial charge in [-0.05, 0) is 27.8 Å². The van der Waals surface area contributed by atoms with Gasteiger partial charge in [0, 0.05) is 18.9 Å². The van der Waals surface area contributed by atoms with Gasteiger partial charge >= 0.3 is 12.1 Å². The van der Waals surface area contributed by atoms with Crippen molar-refractivity contribution in [2.45, 2.75) is 24.8 Å². The molecule has 7 nitrogen and oxygen atoms in total. The molecule has 0 radical (unpaired) electrons. The van der Waals surface area contributed by atoms with E-state index in [0.29, 0.717) is 0 Å². The minimum Gasteiger partial charge on any atom is -0.481 e. The van der Waals surface area contributed by atoms with Crippen LogP contribution in [0.15, 0.2) is 78.9 Å². The van der Waals surface area contributed by atoms with Gasteiger partial charge < -0.3 is 20.5 Å². The number of benzene rings is 3. The fraction of sp³-hybridized carbons (Fsp3) is 0.222. The molecule has 34 heavy (non-hydrogen) atoms. The Hall–Kier alpha value is -4.13. The van der Waals surface area contributed by atoms with Crippen LogP contribution in [-0.2, 0) is 20.7 Å². The van der Waals surface area contributed by atoms with Crippen LogP contribution in [0.2, 0.25) is 0 Å². The first-order valence-corrected chi connectivity index (χ1v) is 11.2. The molecule has 7 heteroatoms. The molecule has 0 spiro atoms. The van der Waals surface area contributed by atoms with Crippen LogP contribution in [0.5, 0.6) is 0 Å². The van der Waals surface area contributed by atoms with E-state index in [-0.39, 0.29) is 31.9 Å². The Morgan fingerprint density at radius 2 is 1.44 bits per heavy atom. The van der Waals surface area contributed by atoms with Crippen molar-refractivity contribution in [1.82, 2.24) is 10.6 Å². The molecule has 0 saturated carbocycles. The lowest BCUT2D eigenvalue weighted by Crippen LogP contribution is -2.48. The number of carboxylic acids is 1. The second kappa shape index (κ2) is 10.7. The number of ether oxygens (including phenoxy) is 1. The molecular weight excluding hydrogens is 432 g/mol. The monoisotopic (exact) mass is 458 g/mol. The average Bonchev–Trinajstić information content (AvgIpc) is 3.16. The summed E-state index contributed by atoms with van der Waals surface area (Å²) in [5.41, 5.74) is 5.33. The van der Waals surface area contributed by atoms with E-state index in [1.165, 1.54) is 0 Å². The van der Waals surface area contributed by atoms with Crippen molar-refractivity contribution in [3.8, 4) is 11.1 Å². The summed E-state index contributed by atoms with van der Waals surface area (Å²) in [5, 5.41) is 14.0. The SMILES string of the molecule is O=C(O)CCNC(=O)[C@@H](Cc1ccccc1)NC(=O)OCC1c2ccccc2-c2ccccc21. The summed E-state index contributed by atoms with van der Waals surface area (Å²) >= 11 is 0. The van der Waals surface area contributed by atoms with E-state index in [2.05, 4.69) is 22.8 Å². The minimum absolute atomic E-state index is 0.0220. The summed E-state index contributed by atoms with van der Waals surface area (Å²) in [6.07, 6.45) is -0.644. The predicted octanol–water partition coefficient (Wildman–Crippen LogP) is 3.73. The Bertz CT molecular complexity index is 1130. The Balaban J connectivity index is 1.42. The quantitative estimate of drug-likeness (QED) is 0.453. The van der Waals surface area contributed by atoms with Crippen LogP contribution in [0.3, 0.4) is 0 Å². The van der Waals surface area contributed by atoms with Gasteiger partial charge in [0.05, 0.1) is 6.42 Å². The third kappa shape index (κ3) is 5.43. The van der Waals surface area contributed by atoms with Gasteiger partial charge in [0.25, 0.3) is 0 Å². The maximum absolute atomic E-state index is 12.7. The smallest absolute Gasteiger partial charge is 0.407 e. The largest absolute Gasteiger partial charge is 0.481 e. The fourth-order valence-electron chi connectivity index (χ4n) is 4.26. The van der Waals surface area contributed by atoms with Gasteiger partial charge in [-0.2, -0.15) is 0 Å². The number of hydrogen-bond acceptors (Lipinski definition) is 4. The molecule has 0 bridgehead atoms. The zero-order valence-electron chi connectivity index (χ0n) is 18.6. The highest BCUT2D eigenvalue weighted by molar-refractivity contribution is 5.86. The molecule has 0 aromatic heterocycles. The molecule has 0 unspecified atom stereocenters. The highest BCUT2D eigenvalue weighted by atomic mass is 16.5. The summed E-state index contributed by atoms with van der Waals surface area (Å²) in [5.74, 6) is -1.56. The van der Waals surface area contributed by atoms with Crippen molar-refractivity contribution >= 4 is 18.0 Å². The lowest BCUT2D eigenvalue weighted by atomic mass is 9.98. The van der Waals surface area contributed by atoms with Crippen LogP contribution in [0, 0.1) is 0 Å². The van der Waals surface area contributed by atoms with Gasteiger partial charge in [0.2, 0.25) is 5.91 Å². The molecule has 3 aromatic carbocycles. The van der Waals surface area contributed by atoms with Crippen molar-refractivity contribution in [2.75, 3.05) is 13.2 Å². The molecular formula is C27H26N2O5. The Morgan fingerprint density at radius 3 is 2.06 bits per heavy atom. The molecule has 3 N–H and O–H groups in total. The third-order valence-electron chi connectivity index (χ3n) is 5.87. The lowest BCUT2D eigenvalue weighted by Gasteiger charge is -2.20. The highest BCUT2D eigenvalue weighted by Gasteiger charge is 2.29. The lowest BCUT2D eigenvalue weighted by molar-refractivity contribution is -0.137. The van der Waals surface area contributed by atoms with Gasteiger partial charge in [-0.15, -0.1) is 0 Å². The van der Waals surface area contributed by atoms with Crippen molar-refractivity contribution in [2.24, 2.45) is 0 Å². The molecule has 1 atom stereocenters. The maximum atomic E-state index is 12.7. The number of aliphatic carboxylic acids is 1. The zero-order chi connectivity index (χ0) is 23.9. The van der Waals surface area contributed by atoms with Crippen LogP contribution in [0.25, 0.3) is 11.1 Å². The van der Waals surface area contributed by atoms with E-state index < -0.39 is 24.0 Å². The number of hydrogen-bond donors (Lipinski definition) is 3. The molecule has 3 aromatic rings. The van der Waals surface area contributed by atoms with E-state index in [4.69, 9.17) is 9.84 Å². The van der Waals surface area contributed by atoms with Crippen LogP contribution in [-0.4, -0.2) is 42.3 Å². The van der Waals surface area contributed by atoms with E-state index in [1.54, 1.807) is 0 Å². The number of carbonyl (C=O) groups excluding carboxylic acids is 2. The highest BCUT2D eigenvalue weighted by Crippen LogP contribution is 2.44. The minimum atomic E-state index is -1.01. The third-order valence-corrected chi connectivity index (χ3v) is 5.87. The first kappa shape index (κ1) is 23.0. The number of rotatable bonds is 9. The van der Waals surface area contributed by atoms with E-state index in [0.717, 1.165) is 27.8 Å². The van der Waals surface area contributed by atoms with Gasteiger partial charge in [0.1, 0.15) is 12.6 Å². The van der Waals surface area contributed by atoms with E-state index >= 15 is 0 Å². The molecule has 1 aliphatic carbocycles. The molecule has 0 heterocycles. The molecule has 0 fully saturated rings. The fourth-order valence-corrected chi connectivity index (χ4v) is 4.26. The van der Waals surface area contributed by atoms with Gasteiger partial charge in [-0.25, -0.2) is 4.79 Å². The van der Waals surface area contributed by atoms with E-state index in [1.807, 2.05) is 66.7 Å². The number of carbonyl (C=O) groups is 3. The summed E-state index contributed by atoms with van der Waals surface area (Å²) in [7, 11) is 0. The Labute approximate surface area is 197 Å². The molecule has 4 rings (SSSR count). The standard InChI is InChI=1S/C27H26N2O5/c30-25(31)14-15-28-26(32)24(16-18-8-2-1-3-9-18)29-27(33)34-17-23-21-12-6-4-10-19(21)20-11-5-7-13-22(20)23/h1-13,23-24H,14-17H2,(H,28,32)(H,29,33)(H,30,31)/t24-/m1/s1. The van der Waals surface area contributed by atoms with Crippen LogP contribution in [0.4, 0.5) is 4.79 Å². The van der Waals surface area contributed by atoms with Crippen molar-refractivity contribution in [3.05, 3.63) is 95.6 Å². The van der Waals surface area contributed by atoms with E-state index in [9.17, 15) is 14.4 Å². The first-order chi connectivity index (χ1) is 16.5. The van der Waals surface area contributed by atoms with Crippen LogP contribution < -0.4 is 10.6 Å². The summed E-state index contributed by atoms with van der Waals surface area (Å²) < 4.78 is 5.58. The van der Waals surface area contributed by atoms with Crippen LogP contribution in [0.1, 0.15) is 29.0 Å². The summed E-state index contributed by atoms with van der Waals surface area (Å²) in [4.78, 5) is 36.1. The Morgan fingerprint density at radius 1 is 0.853 bits per heavy atom. The molecule has 2 amide bonds. The molecule has 0 aliphatic heterocycles. The normalized spacial score (nSPS) is 12.8.